The molecule has 1 atom stereocenters. The van der Waals surface area contributed by atoms with Gasteiger partial charge in [0, 0.05) is 37.0 Å². The van der Waals surface area contributed by atoms with E-state index in [2.05, 4.69) is 5.32 Å². The first-order valence-electron chi connectivity index (χ1n) is 8.57. The molecule has 0 aromatic heterocycles. The molecule has 1 aliphatic rings. The summed E-state index contributed by atoms with van der Waals surface area (Å²) in [5.74, 6) is 0.653. The highest BCUT2D eigenvalue weighted by Crippen LogP contribution is 2.19. The van der Waals surface area contributed by atoms with Crippen molar-refractivity contribution in [3.63, 3.8) is 0 Å². The van der Waals surface area contributed by atoms with Crippen molar-refractivity contribution < 1.29 is 14.3 Å². The minimum atomic E-state index is -0.200. The molecular formula is C20H21ClN2O3. The topological polar surface area (TPSA) is 58.6 Å². The van der Waals surface area contributed by atoms with E-state index >= 15 is 0 Å². The van der Waals surface area contributed by atoms with Gasteiger partial charge >= 0.3 is 0 Å². The summed E-state index contributed by atoms with van der Waals surface area (Å²) in [5.41, 5.74) is 1.11. The molecule has 1 saturated heterocycles. The van der Waals surface area contributed by atoms with E-state index < -0.39 is 0 Å². The first kappa shape index (κ1) is 18.3. The van der Waals surface area contributed by atoms with Gasteiger partial charge in [0.15, 0.2) is 6.61 Å². The number of nitrogens with one attached hydrogen (secondary N) is 1. The second-order valence-electron chi connectivity index (χ2n) is 6.38. The van der Waals surface area contributed by atoms with Crippen LogP contribution in [0.2, 0.25) is 5.02 Å². The fraction of sp³-hybridized carbons (Fsp3) is 0.300. The highest BCUT2D eigenvalue weighted by molar-refractivity contribution is 6.30. The molecule has 0 saturated carbocycles. The van der Waals surface area contributed by atoms with Gasteiger partial charge in [-0.05, 0) is 29.8 Å². The molecule has 1 aliphatic heterocycles. The lowest BCUT2D eigenvalue weighted by atomic mass is 10.1. The Hall–Kier alpha value is -2.53. The first-order chi connectivity index (χ1) is 12.6. The lowest BCUT2D eigenvalue weighted by molar-refractivity contribution is -0.128. The van der Waals surface area contributed by atoms with Crippen LogP contribution < -0.4 is 10.1 Å². The van der Waals surface area contributed by atoms with Gasteiger partial charge in [-0.2, -0.15) is 0 Å². The SMILES string of the molecule is O=C(COc1ccc(Cl)cc1)NCC1CC(=O)N(Cc2ccccc2)C1. The van der Waals surface area contributed by atoms with E-state index in [0.717, 1.165) is 5.56 Å². The molecule has 1 heterocycles. The van der Waals surface area contributed by atoms with E-state index in [4.69, 9.17) is 16.3 Å². The van der Waals surface area contributed by atoms with E-state index in [1.807, 2.05) is 35.2 Å². The van der Waals surface area contributed by atoms with Crippen molar-refractivity contribution in [2.75, 3.05) is 19.7 Å². The summed E-state index contributed by atoms with van der Waals surface area (Å²) in [6, 6.07) is 16.8. The number of carbonyl (C=O) groups excluding carboxylic acids is 2. The van der Waals surface area contributed by atoms with Crippen LogP contribution in [0.25, 0.3) is 0 Å². The molecule has 6 heteroatoms. The summed E-state index contributed by atoms with van der Waals surface area (Å²) < 4.78 is 5.41. The van der Waals surface area contributed by atoms with Crippen LogP contribution >= 0.6 is 11.6 Å². The van der Waals surface area contributed by atoms with Crippen molar-refractivity contribution in [1.29, 1.82) is 0 Å². The van der Waals surface area contributed by atoms with E-state index in [0.29, 0.717) is 36.8 Å². The van der Waals surface area contributed by atoms with Crippen LogP contribution in [0.3, 0.4) is 0 Å². The number of amides is 2. The van der Waals surface area contributed by atoms with E-state index in [1.165, 1.54) is 0 Å². The van der Waals surface area contributed by atoms with Gasteiger partial charge in [0.2, 0.25) is 5.91 Å². The van der Waals surface area contributed by atoms with E-state index in [-0.39, 0.29) is 24.3 Å². The average Bonchev–Trinajstić information content (AvgIpc) is 3.00. The largest absolute Gasteiger partial charge is 0.484 e. The molecule has 1 unspecified atom stereocenters. The number of halogens is 1. The second-order valence-corrected chi connectivity index (χ2v) is 6.81. The molecule has 5 nitrogen and oxygen atoms in total. The summed E-state index contributed by atoms with van der Waals surface area (Å²) in [5, 5.41) is 3.46. The van der Waals surface area contributed by atoms with Gasteiger partial charge in [0.05, 0.1) is 0 Å². The minimum absolute atomic E-state index is 0.0595. The van der Waals surface area contributed by atoms with Crippen molar-refractivity contribution in [3.8, 4) is 5.75 Å². The number of likely N-dealkylation sites (tertiary alicyclic amines) is 1. The van der Waals surface area contributed by atoms with Gasteiger partial charge in [-0.25, -0.2) is 0 Å². The maximum atomic E-state index is 12.1. The van der Waals surface area contributed by atoms with Crippen LogP contribution in [-0.2, 0) is 16.1 Å². The normalized spacial score (nSPS) is 16.6. The van der Waals surface area contributed by atoms with Crippen molar-refractivity contribution in [2.24, 2.45) is 5.92 Å². The lowest BCUT2D eigenvalue weighted by Gasteiger charge is -2.17. The highest BCUT2D eigenvalue weighted by Gasteiger charge is 2.29. The summed E-state index contributed by atoms with van der Waals surface area (Å²) in [6.45, 7) is 1.69. The molecule has 2 aromatic carbocycles. The molecule has 0 radical (unpaired) electrons. The number of carbonyl (C=O) groups is 2. The lowest BCUT2D eigenvalue weighted by Crippen LogP contribution is -2.34. The summed E-state index contributed by atoms with van der Waals surface area (Å²) in [7, 11) is 0. The Bertz CT molecular complexity index is 749. The Morgan fingerprint density at radius 2 is 1.88 bits per heavy atom. The zero-order valence-electron chi connectivity index (χ0n) is 14.4. The fourth-order valence-corrected chi connectivity index (χ4v) is 3.06. The molecule has 2 aromatic rings. The Morgan fingerprint density at radius 3 is 2.62 bits per heavy atom. The predicted molar refractivity (Wildman–Crippen MR) is 99.9 cm³/mol. The number of rotatable bonds is 7. The zero-order chi connectivity index (χ0) is 18.4. The molecule has 1 fully saturated rings. The number of hydrogen-bond acceptors (Lipinski definition) is 3. The monoisotopic (exact) mass is 372 g/mol. The molecule has 0 aliphatic carbocycles. The van der Waals surface area contributed by atoms with Gasteiger partial charge in [0.25, 0.3) is 5.91 Å². The van der Waals surface area contributed by atoms with Crippen molar-refractivity contribution in [3.05, 3.63) is 65.2 Å². The molecule has 0 spiro atoms. The van der Waals surface area contributed by atoms with Crippen LogP contribution in [0.1, 0.15) is 12.0 Å². The van der Waals surface area contributed by atoms with E-state index in [1.54, 1.807) is 24.3 Å². The van der Waals surface area contributed by atoms with Crippen LogP contribution in [-0.4, -0.2) is 36.4 Å². The molecule has 0 bridgehead atoms. The zero-order valence-corrected chi connectivity index (χ0v) is 15.1. The highest BCUT2D eigenvalue weighted by atomic mass is 35.5. The Labute approximate surface area is 157 Å². The predicted octanol–water partition coefficient (Wildman–Crippen LogP) is 2.88. The Kier molecular flexibility index (Phi) is 6.12. The third kappa shape index (κ3) is 5.23. The van der Waals surface area contributed by atoms with E-state index in [9.17, 15) is 9.59 Å². The van der Waals surface area contributed by atoms with Crippen molar-refractivity contribution >= 4 is 23.4 Å². The van der Waals surface area contributed by atoms with Crippen LogP contribution in [0.15, 0.2) is 54.6 Å². The van der Waals surface area contributed by atoms with Gasteiger partial charge in [-0.15, -0.1) is 0 Å². The molecule has 26 heavy (non-hydrogen) atoms. The Balaban J connectivity index is 1.40. The molecule has 2 amide bonds. The smallest absolute Gasteiger partial charge is 0.257 e. The average molecular weight is 373 g/mol. The number of ether oxygens (including phenoxy) is 1. The molecule has 136 valence electrons. The number of hydrogen-bond donors (Lipinski definition) is 1. The third-order valence-electron chi connectivity index (χ3n) is 4.28. The van der Waals surface area contributed by atoms with Crippen molar-refractivity contribution in [1.82, 2.24) is 10.2 Å². The maximum Gasteiger partial charge on any atom is 0.257 e. The van der Waals surface area contributed by atoms with Gasteiger partial charge < -0.3 is 15.0 Å². The van der Waals surface area contributed by atoms with Crippen LogP contribution in [0, 0.1) is 5.92 Å². The van der Waals surface area contributed by atoms with Gasteiger partial charge in [0.1, 0.15) is 5.75 Å². The minimum Gasteiger partial charge on any atom is -0.484 e. The molecule has 3 rings (SSSR count). The van der Waals surface area contributed by atoms with Crippen LogP contribution in [0.5, 0.6) is 5.75 Å². The maximum absolute atomic E-state index is 12.1. The molecular weight excluding hydrogens is 352 g/mol. The standard InChI is InChI=1S/C20H21ClN2O3/c21-17-6-8-18(9-7-17)26-14-19(24)22-11-16-10-20(25)23(13-16)12-15-4-2-1-3-5-15/h1-9,16H,10-14H2,(H,22,24). The first-order valence-corrected chi connectivity index (χ1v) is 8.95. The van der Waals surface area contributed by atoms with Gasteiger partial charge in [-0.1, -0.05) is 41.9 Å². The summed E-state index contributed by atoms with van der Waals surface area (Å²) in [6.07, 6.45) is 0.463. The van der Waals surface area contributed by atoms with Gasteiger partial charge in [-0.3, -0.25) is 9.59 Å². The summed E-state index contributed by atoms with van der Waals surface area (Å²) >= 11 is 5.81. The number of benzene rings is 2. The van der Waals surface area contributed by atoms with Crippen LogP contribution in [0.4, 0.5) is 0 Å². The third-order valence-corrected chi connectivity index (χ3v) is 4.53. The quantitative estimate of drug-likeness (QED) is 0.813. The van der Waals surface area contributed by atoms with Crippen molar-refractivity contribution in [2.45, 2.75) is 13.0 Å². The molecule has 1 N–H and O–H groups in total. The fourth-order valence-electron chi connectivity index (χ4n) is 2.94. The number of nitrogens with zero attached hydrogens (tertiary/aromatic N) is 1. The second kappa shape index (κ2) is 8.72. The summed E-state index contributed by atoms with van der Waals surface area (Å²) in [4.78, 5) is 25.9. The Morgan fingerprint density at radius 1 is 1.15 bits per heavy atom.